The van der Waals surface area contributed by atoms with Crippen molar-refractivity contribution in [1.82, 2.24) is 0 Å². The number of para-hydroxylation sites is 1. The molecule has 110 valence electrons. The van der Waals surface area contributed by atoms with Gasteiger partial charge in [0.05, 0.1) is 5.69 Å². The Kier molecular flexibility index (Phi) is 4.81. The summed E-state index contributed by atoms with van der Waals surface area (Å²) in [6.45, 7) is 3.44. The molecule has 0 spiro atoms. The fourth-order valence-electron chi connectivity index (χ4n) is 1.79. The van der Waals surface area contributed by atoms with Crippen LogP contribution in [0.4, 0.5) is 10.1 Å². The second kappa shape index (κ2) is 6.59. The highest BCUT2D eigenvalue weighted by Gasteiger charge is 2.17. The number of amides is 1. The fourth-order valence-corrected chi connectivity index (χ4v) is 2.01. The minimum atomic E-state index is -0.760. The van der Waals surface area contributed by atoms with Gasteiger partial charge in [0.1, 0.15) is 11.6 Å². The third-order valence-corrected chi connectivity index (χ3v) is 3.18. The van der Waals surface area contributed by atoms with E-state index in [4.69, 9.17) is 16.3 Å². The molecule has 0 aliphatic heterocycles. The Labute approximate surface area is 127 Å². The summed E-state index contributed by atoms with van der Waals surface area (Å²) in [6, 6.07) is 11.1. The Balaban J connectivity index is 2.04. The average molecular weight is 308 g/mol. The molecule has 0 aromatic heterocycles. The normalized spacial score (nSPS) is 11.8. The Morgan fingerprint density at radius 3 is 2.67 bits per heavy atom. The number of hydrogen-bond donors (Lipinski definition) is 1. The van der Waals surface area contributed by atoms with Crippen LogP contribution in [-0.2, 0) is 4.79 Å². The minimum Gasteiger partial charge on any atom is -0.481 e. The molecule has 1 atom stereocenters. The van der Waals surface area contributed by atoms with Crippen molar-refractivity contribution in [3.8, 4) is 5.75 Å². The smallest absolute Gasteiger partial charge is 0.265 e. The Morgan fingerprint density at radius 2 is 2.00 bits per heavy atom. The maximum atomic E-state index is 13.5. The van der Waals surface area contributed by atoms with E-state index < -0.39 is 17.8 Å². The number of aryl methyl sites for hydroxylation is 1. The van der Waals surface area contributed by atoms with E-state index in [1.165, 1.54) is 12.1 Å². The highest BCUT2D eigenvalue weighted by molar-refractivity contribution is 6.30. The van der Waals surface area contributed by atoms with Crippen LogP contribution in [-0.4, -0.2) is 12.0 Å². The maximum Gasteiger partial charge on any atom is 0.265 e. The summed E-state index contributed by atoms with van der Waals surface area (Å²) in [4.78, 5) is 12.0. The van der Waals surface area contributed by atoms with Gasteiger partial charge in [-0.2, -0.15) is 0 Å². The molecule has 0 aliphatic carbocycles. The van der Waals surface area contributed by atoms with Crippen molar-refractivity contribution in [2.24, 2.45) is 0 Å². The van der Waals surface area contributed by atoms with Crippen LogP contribution in [0.5, 0.6) is 5.75 Å². The van der Waals surface area contributed by atoms with E-state index in [2.05, 4.69) is 5.32 Å². The summed E-state index contributed by atoms with van der Waals surface area (Å²) in [5.41, 5.74) is 0.957. The van der Waals surface area contributed by atoms with Crippen LogP contribution in [0.25, 0.3) is 0 Å². The first-order chi connectivity index (χ1) is 9.97. The predicted molar refractivity (Wildman–Crippen MR) is 81.3 cm³/mol. The topological polar surface area (TPSA) is 38.3 Å². The third kappa shape index (κ3) is 3.95. The Bertz CT molecular complexity index is 660. The number of rotatable bonds is 4. The van der Waals surface area contributed by atoms with Gasteiger partial charge >= 0.3 is 0 Å². The molecule has 0 aliphatic rings. The van der Waals surface area contributed by atoms with Crippen LogP contribution < -0.4 is 10.1 Å². The van der Waals surface area contributed by atoms with E-state index >= 15 is 0 Å². The number of hydrogen-bond acceptors (Lipinski definition) is 2. The largest absolute Gasteiger partial charge is 0.481 e. The quantitative estimate of drug-likeness (QED) is 0.919. The number of halogens is 2. The van der Waals surface area contributed by atoms with Gasteiger partial charge in [-0.15, -0.1) is 0 Å². The number of carbonyl (C=O) groups is 1. The monoisotopic (exact) mass is 307 g/mol. The molecule has 21 heavy (non-hydrogen) atoms. The molecule has 2 rings (SSSR count). The molecule has 1 amide bonds. The van der Waals surface area contributed by atoms with E-state index in [9.17, 15) is 9.18 Å². The summed E-state index contributed by atoms with van der Waals surface area (Å²) in [7, 11) is 0. The molecule has 3 nitrogen and oxygen atoms in total. The lowest BCUT2D eigenvalue weighted by atomic mass is 10.2. The molecular formula is C16H15ClFNO2. The van der Waals surface area contributed by atoms with Crippen LogP contribution in [0, 0.1) is 12.7 Å². The number of benzene rings is 2. The highest BCUT2D eigenvalue weighted by Crippen LogP contribution is 2.23. The SMILES string of the molecule is Cc1cc(Cl)ccc1OC(C)C(=O)Nc1ccccc1F. The summed E-state index contributed by atoms with van der Waals surface area (Å²) in [5, 5.41) is 3.10. The van der Waals surface area contributed by atoms with E-state index in [0.29, 0.717) is 10.8 Å². The zero-order chi connectivity index (χ0) is 15.4. The van der Waals surface area contributed by atoms with E-state index in [-0.39, 0.29) is 5.69 Å². The van der Waals surface area contributed by atoms with Gasteiger partial charge in [0, 0.05) is 5.02 Å². The first-order valence-corrected chi connectivity index (χ1v) is 6.83. The van der Waals surface area contributed by atoms with Gasteiger partial charge in [0.15, 0.2) is 6.10 Å². The lowest BCUT2D eigenvalue weighted by molar-refractivity contribution is -0.122. The van der Waals surface area contributed by atoms with Crippen LogP contribution in [0.15, 0.2) is 42.5 Å². The van der Waals surface area contributed by atoms with Crippen molar-refractivity contribution in [1.29, 1.82) is 0 Å². The van der Waals surface area contributed by atoms with Crippen LogP contribution >= 0.6 is 11.6 Å². The highest BCUT2D eigenvalue weighted by atomic mass is 35.5. The Morgan fingerprint density at radius 1 is 1.29 bits per heavy atom. The van der Waals surface area contributed by atoms with Crippen molar-refractivity contribution in [3.05, 3.63) is 58.9 Å². The molecule has 2 aromatic rings. The minimum absolute atomic E-state index is 0.130. The van der Waals surface area contributed by atoms with Crippen molar-refractivity contribution >= 4 is 23.2 Å². The molecule has 1 N–H and O–H groups in total. The number of anilines is 1. The van der Waals surface area contributed by atoms with Crippen molar-refractivity contribution in [2.45, 2.75) is 20.0 Å². The van der Waals surface area contributed by atoms with Crippen molar-refractivity contribution in [2.75, 3.05) is 5.32 Å². The molecule has 0 bridgehead atoms. The van der Waals surface area contributed by atoms with Gasteiger partial charge < -0.3 is 10.1 Å². The van der Waals surface area contributed by atoms with Crippen LogP contribution in [0.3, 0.4) is 0 Å². The van der Waals surface area contributed by atoms with E-state index in [1.807, 2.05) is 6.92 Å². The molecule has 1 unspecified atom stereocenters. The zero-order valence-electron chi connectivity index (χ0n) is 11.7. The third-order valence-electron chi connectivity index (χ3n) is 2.94. The van der Waals surface area contributed by atoms with Gasteiger partial charge in [-0.3, -0.25) is 4.79 Å². The van der Waals surface area contributed by atoms with E-state index in [1.54, 1.807) is 37.3 Å². The van der Waals surface area contributed by atoms with Crippen LogP contribution in [0.2, 0.25) is 5.02 Å². The van der Waals surface area contributed by atoms with Crippen LogP contribution in [0.1, 0.15) is 12.5 Å². The average Bonchev–Trinajstić information content (AvgIpc) is 2.44. The van der Waals surface area contributed by atoms with Crippen molar-refractivity contribution < 1.29 is 13.9 Å². The number of carbonyl (C=O) groups excluding carboxylic acids is 1. The number of nitrogens with one attached hydrogen (secondary N) is 1. The molecule has 2 aromatic carbocycles. The van der Waals surface area contributed by atoms with Gasteiger partial charge in [-0.1, -0.05) is 23.7 Å². The summed E-state index contributed by atoms with van der Waals surface area (Å²) in [6.07, 6.45) is -0.760. The first kappa shape index (κ1) is 15.3. The molecule has 0 radical (unpaired) electrons. The van der Waals surface area contributed by atoms with Gasteiger partial charge in [0.2, 0.25) is 0 Å². The maximum absolute atomic E-state index is 13.5. The second-order valence-electron chi connectivity index (χ2n) is 4.64. The van der Waals surface area contributed by atoms with Gasteiger partial charge in [-0.05, 0) is 49.7 Å². The van der Waals surface area contributed by atoms with E-state index in [0.717, 1.165) is 5.56 Å². The van der Waals surface area contributed by atoms with Crippen molar-refractivity contribution in [3.63, 3.8) is 0 Å². The Hall–Kier alpha value is -2.07. The predicted octanol–water partition coefficient (Wildman–Crippen LogP) is 4.19. The molecule has 5 heteroatoms. The molecule has 0 fully saturated rings. The summed E-state index contributed by atoms with van der Waals surface area (Å²) in [5.74, 6) is -0.342. The molecule has 0 saturated heterocycles. The van der Waals surface area contributed by atoms with Gasteiger partial charge in [-0.25, -0.2) is 4.39 Å². The molecule has 0 saturated carbocycles. The molecule has 0 heterocycles. The lowest BCUT2D eigenvalue weighted by Gasteiger charge is -2.16. The lowest BCUT2D eigenvalue weighted by Crippen LogP contribution is -2.30. The van der Waals surface area contributed by atoms with Gasteiger partial charge in [0.25, 0.3) is 5.91 Å². The second-order valence-corrected chi connectivity index (χ2v) is 5.08. The fraction of sp³-hybridized carbons (Fsp3) is 0.188. The summed E-state index contributed by atoms with van der Waals surface area (Å²) >= 11 is 5.86. The standard InChI is InChI=1S/C16H15ClFNO2/c1-10-9-12(17)7-8-15(10)21-11(2)16(20)19-14-6-4-3-5-13(14)18/h3-9,11H,1-2H3,(H,19,20). The number of ether oxygens (including phenoxy) is 1. The molecular weight excluding hydrogens is 293 g/mol. The zero-order valence-corrected chi connectivity index (χ0v) is 12.4. The first-order valence-electron chi connectivity index (χ1n) is 6.45. The summed E-state index contributed by atoms with van der Waals surface area (Å²) < 4.78 is 19.1.